The molecule has 1 saturated heterocycles. The van der Waals surface area contributed by atoms with Gasteiger partial charge in [0.25, 0.3) is 0 Å². The molecule has 0 aromatic rings. The van der Waals surface area contributed by atoms with E-state index in [0.29, 0.717) is 5.78 Å². The summed E-state index contributed by atoms with van der Waals surface area (Å²) in [6, 6.07) is 0. The van der Waals surface area contributed by atoms with E-state index in [1.54, 1.807) is 0 Å². The highest BCUT2D eigenvalue weighted by molar-refractivity contribution is 5.82. The molecule has 12 heavy (non-hydrogen) atoms. The van der Waals surface area contributed by atoms with Gasteiger partial charge in [-0.1, -0.05) is 12.8 Å². The number of carbonyl (C=O) groups excluding carboxylic acids is 1. The van der Waals surface area contributed by atoms with Crippen LogP contribution in [0.1, 0.15) is 32.1 Å². The van der Waals surface area contributed by atoms with Gasteiger partial charge in [-0.25, -0.2) is 0 Å². The lowest BCUT2D eigenvalue weighted by molar-refractivity contribution is -0.116. The maximum atomic E-state index is 11.0. The maximum absolute atomic E-state index is 11.0. The Balaban J connectivity index is 1.75. The van der Waals surface area contributed by atoms with Gasteiger partial charge in [0.15, 0.2) is 0 Å². The number of hydrogen-bond acceptors (Lipinski definition) is 2. The van der Waals surface area contributed by atoms with Crippen LogP contribution in [0.5, 0.6) is 0 Å². The molecule has 68 valence electrons. The molecule has 2 fully saturated rings. The molecule has 2 heteroatoms. The first kappa shape index (κ1) is 8.24. The minimum absolute atomic E-state index is 0.438. The normalized spacial score (nSPS) is 27.2. The van der Waals surface area contributed by atoms with E-state index >= 15 is 0 Å². The molecule has 0 atom stereocenters. The number of Topliss-reactive ketones (excluding diaryl/α,β-unsaturated/α-hetero) is 1. The number of ketones is 1. The minimum Gasteiger partial charge on any atom is -0.298 e. The monoisotopic (exact) mass is 167 g/mol. The molecule has 0 aromatic heterocycles. The van der Waals surface area contributed by atoms with Gasteiger partial charge in [0, 0.05) is 19.5 Å². The van der Waals surface area contributed by atoms with Crippen molar-refractivity contribution in [3.05, 3.63) is 0 Å². The van der Waals surface area contributed by atoms with Crippen molar-refractivity contribution in [2.24, 2.45) is 5.92 Å². The summed E-state index contributed by atoms with van der Waals surface area (Å²) in [5.41, 5.74) is 0. The third kappa shape index (κ3) is 1.86. The van der Waals surface area contributed by atoms with Gasteiger partial charge in [0.2, 0.25) is 0 Å². The first-order valence-electron chi connectivity index (χ1n) is 5.08. The number of hydrogen-bond donors (Lipinski definition) is 0. The highest BCUT2D eigenvalue weighted by atomic mass is 16.1. The zero-order chi connectivity index (χ0) is 8.39. The van der Waals surface area contributed by atoms with E-state index in [9.17, 15) is 4.79 Å². The molecule has 0 bridgehead atoms. The van der Waals surface area contributed by atoms with Gasteiger partial charge in [-0.15, -0.1) is 0 Å². The summed E-state index contributed by atoms with van der Waals surface area (Å²) < 4.78 is 0. The van der Waals surface area contributed by atoms with Crippen LogP contribution in [0.3, 0.4) is 0 Å². The minimum atomic E-state index is 0.438. The van der Waals surface area contributed by atoms with Crippen molar-refractivity contribution in [2.75, 3.05) is 19.6 Å². The van der Waals surface area contributed by atoms with Crippen molar-refractivity contribution >= 4 is 5.78 Å². The van der Waals surface area contributed by atoms with E-state index in [1.165, 1.54) is 32.2 Å². The van der Waals surface area contributed by atoms with Crippen LogP contribution in [-0.4, -0.2) is 30.3 Å². The van der Waals surface area contributed by atoms with E-state index < -0.39 is 0 Å². The van der Waals surface area contributed by atoms with Crippen molar-refractivity contribution in [3.8, 4) is 0 Å². The van der Waals surface area contributed by atoms with Crippen LogP contribution in [0, 0.1) is 5.92 Å². The summed E-state index contributed by atoms with van der Waals surface area (Å²) in [4.78, 5) is 13.3. The maximum Gasteiger partial charge on any atom is 0.148 e. The fourth-order valence-corrected chi connectivity index (χ4v) is 2.40. The van der Waals surface area contributed by atoms with Crippen LogP contribution in [0.25, 0.3) is 0 Å². The Morgan fingerprint density at radius 1 is 1.33 bits per heavy atom. The quantitative estimate of drug-likeness (QED) is 0.620. The Morgan fingerprint density at radius 2 is 2.08 bits per heavy atom. The molecule has 2 aliphatic rings. The fourth-order valence-electron chi connectivity index (χ4n) is 2.40. The summed E-state index contributed by atoms with van der Waals surface area (Å²) in [7, 11) is 0. The van der Waals surface area contributed by atoms with Gasteiger partial charge in [0.1, 0.15) is 5.78 Å². The summed E-state index contributed by atoms with van der Waals surface area (Å²) in [6.45, 7) is 2.94. The Hall–Kier alpha value is -0.370. The molecule has 0 N–H and O–H groups in total. The average molecular weight is 167 g/mol. The lowest BCUT2D eigenvalue weighted by Gasteiger charge is -2.18. The van der Waals surface area contributed by atoms with Crippen molar-refractivity contribution in [1.82, 2.24) is 4.90 Å². The highest BCUT2D eigenvalue weighted by Gasteiger charge is 2.23. The molecule has 2 nitrogen and oxygen atoms in total. The molecular weight excluding hydrogens is 150 g/mol. The molecule has 0 radical (unpaired) electrons. The van der Waals surface area contributed by atoms with Crippen molar-refractivity contribution in [1.29, 1.82) is 0 Å². The Kier molecular flexibility index (Phi) is 2.45. The first-order valence-corrected chi connectivity index (χ1v) is 5.08. The fraction of sp³-hybridized carbons (Fsp3) is 0.900. The van der Waals surface area contributed by atoms with Crippen molar-refractivity contribution < 1.29 is 4.79 Å². The van der Waals surface area contributed by atoms with Gasteiger partial charge >= 0.3 is 0 Å². The van der Waals surface area contributed by atoms with Gasteiger partial charge in [-0.3, -0.25) is 9.69 Å². The molecule has 1 aliphatic heterocycles. The Bertz CT molecular complexity index is 173. The summed E-state index contributed by atoms with van der Waals surface area (Å²) in [6.07, 6.45) is 6.40. The van der Waals surface area contributed by atoms with Crippen LogP contribution >= 0.6 is 0 Å². The van der Waals surface area contributed by atoms with E-state index in [4.69, 9.17) is 0 Å². The molecule has 1 heterocycles. The highest BCUT2D eigenvalue weighted by Crippen LogP contribution is 2.26. The predicted octanol–water partition coefficient (Wildman–Crippen LogP) is 1.45. The lowest BCUT2D eigenvalue weighted by Crippen LogP contribution is -2.26. The Labute approximate surface area is 73.9 Å². The second kappa shape index (κ2) is 3.56. The van der Waals surface area contributed by atoms with Crippen molar-refractivity contribution in [2.45, 2.75) is 32.1 Å². The molecule has 0 aromatic carbocycles. The van der Waals surface area contributed by atoms with Gasteiger partial charge in [-0.2, -0.15) is 0 Å². The van der Waals surface area contributed by atoms with Crippen LogP contribution in [0.4, 0.5) is 0 Å². The number of rotatable bonds is 2. The predicted molar refractivity (Wildman–Crippen MR) is 48.0 cm³/mol. The van der Waals surface area contributed by atoms with Crippen molar-refractivity contribution in [3.63, 3.8) is 0 Å². The average Bonchev–Trinajstić information content (AvgIpc) is 2.63. The molecule has 0 amide bonds. The van der Waals surface area contributed by atoms with Crippen LogP contribution in [0.2, 0.25) is 0 Å². The Morgan fingerprint density at radius 3 is 2.67 bits per heavy atom. The number of carbonyl (C=O) groups is 1. The number of nitrogens with zero attached hydrogens (tertiary/aromatic N) is 1. The third-order valence-corrected chi connectivity index (χ3v) is 3.10. The van der Waals surface area contributed by atoms with Gasteiger partial charge < -0.3 is 0 Å². The second-order valence-corrected chi connectivity index (χ2v) is 4.17. The SMILES string of the molecule is O=C1CCN(CC2CCCC2)C1. The molecule has 0 unspecified atom stereocenters. The van der Waals surface area contributed by atoms with Gasteiger partial charge in [-0.05, 0) is 18.8 Å². The molecule has 1 saturated carbocycles. The molecule has 2 rings (SSSR count). The first-order chi connectivity index (χ1) is 5.84. The van der Waals surface area contributed by atoms with Crippen LogP contribution in [0.15, 0.2) is 0 Å². The topological polar surface area (TPSA) is 20.3 Å². The smallest absolute Gasteiger partial charge is 0.148 e. The van der Waals surface area contributed by atoms with E-state index in [1.807, 2.05) is 0 Å². The van der Waals surface area contributed by atoms with Crippen LogP contribution in [-0.2, 0) is 4.79 Å². The van der Waals surface area contributed by atoms with Crippen LogP contribution < -0.4 is 0 Å². The number of likely N-dealkylation sites (tertiary alicyclic amines) is 1. The lowest BCUT2D eigenvalue weighted by atomic mass is 10.1. The molecule has 0 spiro atoms. The molecular formula is C10H17NO. The zero-order valence-corrected chi connectivity index (χ0v) is 7.59. The standard InChI is InChI=1S/C10H17NO/c12-10-5-6-11(8-10)7-9-3-1-2-4-9/h9H,1-8H2. The largest absolute Gasteiger partial charge is 0.298 e. The zero-order valence-electron chi connectivity index (χ0n) is 7.59. The van der Waals surface area contributed by atoms with E-state index in [0.717, 1.165) is 25.4 Å². The summed E-state index contributed by atoms with van der Waals surface area (Å²) in [5, 5.41) is 0. The third-order valence-electron chi connectivity index (χ3n) is 3.10. The molecule has 1 aliphatic carbocycles. The van der Waals surface area contributed by atoms with Gasteiger partial charge in [0.05, 0.1) is 6.54 Å². The summed E-state index contributed by atoms with van der Waals surface area (Å²) in [5.74, 6) is 1.34. The summed E-state index contributed by atoms with van der Waals surface area (Å²) >= 11 is 0. The second-order valence-electron chi connectivity index (χ2n) is 4.17. The van der Waals surface area contributed by atoms with E-state index in [2.05, 4.69) is 4.90 Å². The van der Waals surface area contributed by atoms with E-state index in [-0.39, 0.29) is 0 Å².